The molecule has 1 aliphatic heterocycles. The van der Waals surface area contributed by atoms with E-state index in [2.05, 4.69) is 5.32 Å². The first kappa shape index (κ1) is 20.2. The summed E-state index contributed by atoms with van der Waals surface area (Å²) >= 11 is 0. The van der Waals surface area contributed by atoms with Gasteiger partial charge in [-0.2, -0.15) is 0 Å². The van der Waals surface area contributed by atoms with E-state index in [9.17, 15) is 9.59 Å². The van der Waals surface area contributed by atoms with Crippen molar-refractivity contribution in [3.63, 3.8) is 0 Å². The quantitative estimate of drug-likeness (QED) is 0.577. The fraction of sp³-hybridized carbons (Fsp3) is 0.120. The third-order valence-electron chi connectivity index (χ3n) is 4.90. The minimum absolute atomic E-state index is 0.197. The molecular formula is C25H22N2O4. The minimum Gasteiger partial charge on any atom is -0.495 e. The van der Waals surface area contributed by atoms with Gasteiger partial charge in [-0.05, 0) is 36.8 Å². The van der Waals surface area contributed by atoms with Gasteiger partial charge in [-0.3, -0.25) is 9.59 Å². The van der Waals surface area contributed by atoms with Crippen LogP contribution in [0.1, 0.15) is 12.5 Å². The standard InChI is InChI=1S/C25H22N2O4/c1-3-31-19-13-9-12-18(16-19)27-24(28)22(17-10-5-4-6-11-17)23(25(27)29)26-20-14-7-8-15-21(20)30-2/h4-16,26H,3H2,1-2H3. The van der Waals surface area contributed by atoms with E-state index in [4.69, 9.17) is 9.47 Å². The van der Waals surface area contributed by atoms with E-state index in [1.165, 1.54) is 4.90 Å². The number of rotatable bonds is 7. The maximum atomic E-state index is 13.5. The van der Waals surface area contributed by atoms with Crippen LogP contribution in [0.5, 0.6) is 11.5 Å². The van der Waals surface area contributed by atoms with Crippen molar-refractivity contribution in [2.24, 2.45) is 0 Å². The van der Waals surface area contributed by atoms with Crippen molar-refractivity contribution in [3.8, 4) is 11.5 Å². The van der Waals surface area contributed by atoms with Crippen LogP contribution in [0.15, 0.2) is 84.6 Å². The van der Waals surface area contributed by atoms with Crippen LogP contribution in [-0.4, -0.2) is 25.5 Å². The highest BCUT2D eigenvalue weighted by molar-refractivity contribution is 6.46. The first-order valence-electron chi connectivity index (χ1n) is 9.95. The third-order valence-corrected chi connectivity index (χ3v) is 4.90. The molecule has 2 amide bonds. The van der Waals surface area contributed by atoms with E-state index >= 15 is 0 Å². The Bertz CT molecular complexity index is 1150. The average molecular weight is 414 g/mol. The molecule has 0 bridgehead atoms. The molecule has 31 heavy (non-hydrogen) atoms. The Morgan fingerprint density at radius 3 is 2.35 bits per heavy atom. The second-order valence-electron chi connectivity index (χ2n) is 6.82. The second-order valence-corrected chi connectivity index (χ2v) is 6.82. The molecule has 0 unspecified atom stereocenters. The lowest BCUT2D eigenvalue weighted by molar-refractivity contribution is -0.120. The molecule has 1 N–H and O–H groups in total. The van der Waals surface area contributed by atoms with Crippen LogP contribution in [0.2, 0.25) is 0 Å². The fourth-order valence-electron chi connectivity index (χ4n) is 3.51. The third kappa shape index (κ3) is 3.88. The Balaban J connectivity index is 1.80. The number of amides is 2. The normalized spacial score (nSPS) is 13.5. The summed E-state index contributed by atoms with van der Waals surface area (Å²) in [6.45, 7) is 2.36. The molecule has 4 rings (SSSR count). The predicted octanol–water partition coefficient (Wildman–Crippen LogP) is 4.49. The average Bonchev–Trinajstić information content (AvgIpc) is 3.04. The second kappa shape index (κ2) is 8.75. The number of benzene rings is 3. The SMILES string of the molecule is CCOc1cccc(N2C(=O)C(Nc3ccccc3OC)=C(c3ccccc3)C2=O)c1. The van der Waals surface area contributed by atoms with Crippen LogP contribution in [-0.2, 0) is 9.59 Å². The van der Waals surface area contributed by atoms with Gasteiger partial charge in [0.15, 0.2) is 0 Å². The summed E-state index contributed by atoms with van der Waals surface area (Å²) in [5.41, 5.74) is 2.20. The summed E-state index contributed by atoms with van der Waals surface area (Å²) in [5.74, 6) is 0.318. The van der Waals surface area contributed by atoms with Gasteiger partial charge < -0.3 is 14.8 Å². The van der Waals surface area contributed by atoms with Gasteiger partial charge in [0.05, 0.1) is 30.7 Å². The van der Waals surface area contributed by atoms with Gasteiger partial charge >= 0.3 is 0 Å². The minimum atomic E-state index is -0.441. The highest BCUT2D eigenvalue weighted by atomic mass is 16.5. The Morgan fingerprint density at radius 1 is 0.871 bits per heavy atom. The number of ether oxygens (including phenoxy) is 2. The van der Waals surface area contributed by atoms with Crippen molar-refractivity contribution >= 4 is 28.8 Å². The molecule has 0 atom stereocenters. The van der Waals surface area contributed by atoms with Crippen molar-refractivity contribution < 1.29 is 19.1 Å². The smallest absolute Gasteiger partial charge is 0.282 e. The molecule has 156 valence electrons. The number of carbonyl (C=O) groups excluding carboxylic acids is 2. The number of imide groups is 1. The van der Waals surface area contributed by atoms with Crippen molar-refractivity contribution in [3.05, 3.63) is 90.1 Å². The Kier molecular flexibility index (Phi) is 5.71. The molecule has 0 spiro atoms. The lowest BCUT2D eigenvalue weighted by Crippen LogP contribution is -2.32. The van der Waals surface area contributed by atoms with Gasteiger partial charge in [0.2, 0.25) is 0 Å². The molecule has 0 radical (unpaired) electrons. The molecule has 1 aliphatic rings. The molecule has 0 saturated carbocycles. The number of nitrogens with one attached hydrogen (secondary N) is 1. The maximum Gasteiger partial charge on any atom is 0.282 e. The maximum absolute atomic E-state index is 13.5. The number of nitrogens with zero attached hydrogens (tertiary/aromatic N) is 1. The highest BCUT2D eigenvalue weighted by Gasteiger charge is 2.40. The topological polar surface area (TPSA) is 67.9 Å². The number of methoxy groups -OCH3 is 1. The van der Waals surface area contributed by atoms with Crippen molar-refractivity contribution in [1.82, 2.24) is 0 Å². The predicted molar refractivity (Wildman–Crippen MR) is 120 cm³/mol. The van der Waals surface area contributed by atoms with E-state index in [1.807, 2.05) is 49.4 Å². The van der Waals surface area contributed by atoms with Crippen LogP contribution in [0.3, 0.4) is 0 Å². The number of para-hydroxylation sites is 2. The van der Waals surface area contributed by atoms with Gasteiger partial charge in [-0.25, -0.2) is 4.90 Å². The summed E-state index contributed by atoms with van der Waals surface area (Å²) in [6, 6.07) is 23.4. The van der Waals surface area contributed by atoms with Crippen LogP contribution in [0.4, 0.5) is 11.4 Å². The molecule has 0 aliphatic carbocycles. The van der Waals surface area contributed by atoms with Crippen molar-refractivity contribution in [1.29, 1.82) is 0 Å². The van der Waals surface area contributed by atoms with Gasteiger partial charge in [0, 0.05) is 6.07 Å². The lowest BCUT2D eigenvalue weighted by Gasteiger charge is -2.17. The van der Waals surface area contributed by atoms with Gasteiger partial charge in [0.25, 0.3) is 11.8 Å². The largest absolute Gasteiger partial charge is 0.495 e. The zero-order chi connectivity index (χ0) is 21.8. The highest BCUT2D eigenvalue weighted by Crippen LogP contribution is 2.36. The number of carbonyl (C=O) groups is 2. The van der Waals surface area contributed by atoms with Crippen LogP contribution >= 0.6 is 0 Å². The summed E-state index contributed by atoms with van der Waals surface area (Å²) < 4.78 is 10.9. The Morgan fingerprint density at radius 2 is 1.61 bits per heavy atom. The first-order valence-corrected chi connectivity index (χ1v) is 9.95. The van der Waals surface area contributed by atoms with E-state index in [-0.39, 0.29) is 5.70 Å². The van der Waals surface area contributed by atoms with Gasteiger partial charge in [-0.15, -0.1) is 0 Å². The van der Waals surface area contributed by atoms with Crippen LogP contribution in [0.25, 0.3) is 5.57 Å². The zero-order valence-electron chi connectivity index (χ0n) is 17.3. The molecule has 1 heterocycles. The lowest BCUT2D eigenvalue weighted by atomic mass is 10.0. The molecule has 0 fully saturated rings. The molecule has 3 aromatic rings. The fourth-order valence-corrected chi connectivity index (χ4v) is 3.51. The van der Waals surface area contributed by atoms with E-state index < -0.39 is 11.8 Å². The Labute approximate surface area is 180 Å². The number of hydrogen-bond acceptors (Lipinski definition) is 5. The van der Waals surface area contributed by atoms with E-state index in [1.54, 1.807) is 43.5 Å². The van der Waals surface area contributed by atoms with Crippen molar-refractivity contribution in [2.45, 2.75) is 6.92 Å². The monoisotopic (exact) mass is 414 g/mol. The summed E-state index contributed by atoms with van der Waals surface area (Å²) in [4.78, 5) is 28.1. The van der Waals surface area contributed by atoms with E-state index in [0.717, 1.165) is 0 Å². The summed E-state index contributed by atoms with van der Waals surface area (Å²) in [7, 11) is 1.56. The first-order chi connectivity index (χ1) is 15.1. The molecule has 0 aromatic heterocycles. The molecule has 0 saturated heterocycles. The van der Waals surface area contributed by atoms with Crippen LogP contribution in [0, 0.1) is 0 Å². The van der Waals surface area contributed by atoms with Gasteiger partial charge in [-0.1, -0.05) is 48.5 Å². The molecule has 6 nitrogen and oxygen atoms in total. The molecular weight excluding hydrogens is 392 g/mol. The summed E-state index contributed by atoms with van der Waals surface area (Å²) in [5, 5.41) is 3.14. The van der Waals surface area contributed by atoms with E-state index in [0.29, 0.717) is 40.6 Å². The number of hydrogen-bond donors (Lipinski definition) is 1. The summed E-state index contributed by atoms with van der Waals surface area (Å²) in [6.07, 6.45) is 0. The zero-order valence-corrected chi connectivity index (χ0v) is 17.3. The van der Waals surface area contributed by atoms with Gasteiger partial charge in [0.1, 0.15) is 17.2 Å². The number of anilines is 2. The molecule has 3 aromatic carbocycles. The Hall–Kier alpha value is -4.06. The molecule has 6 heteroatoms. The van der Waals surface area contributed by atoms with Crippen molar-refractivity contribution in [2.75, 3.05) is 23.9 Å². The van der Waals surface area contributed by atoms with Crippen LogP contribution < -0.4 is 19.7 Å².